The van der Waals surface area contributed by atoms with Crippen LogP contribution in [-0.4, -0.2) is 67.2 Å². The van der Waals surface area contributed by atoms with Gasteiger partial charge >= 0.3 is 12.1 Å². The Hall–Kier alpha value is -3.43. The first kappa shape index (κ1) is 23.2. The molecule has 0 aromatic heterocycles. The van der Waals surface area contributed by atoms with Crippen LogP contribution in [0, 0.1) is 0 Å². The van der Waals surface area contributed by atoms with E-state index in [1.807, 2.05) is 48.5 Å². The van der Waals surface area contributed by atoms with Crippen LogP contribution in [0.4, 0.5) is 4.79 Å². The lowest BCUT2D eigenvalue weighted by Crippen LogP contribution is -2.53. The number of fused-ring (bicyclic) bond motifs is 3. The second-order valence-corrected chi connectivity index (χ2v) is 7.39. The Bertz CT molecular complexity index is 933. The van der Waals surface area contributed by atoms with Crippen LogP contribution < -0.4 is 10.6 Å². The maximum Gasteiger partial charge on any atom is 0.407 e. The predicted molar refractivity (Wildman–Crippen MR) is 115 cm³/mol. The molecule has 0 radical (unpaired) electrons. The molecule has 3 rings (SSSR count). The van der Waals surface area contributed by atoms with Crippen LogP contribution in [0.1, 0.15) is 23.5 Å². The van der Waals surface area contributed by atoms with Gasteiger partial charge < -0.3 is 30.3 Å². The molecule has 9 nitrogen and oxygen atoms in total. The minimum atomic E-state index is -1.29. The maximum atomic E-state index is 12.4. The summed E-state index contributed by atoms with van der Waals surface area (Å²) in [6, 6.07) is 13.4. The highest BCUT2D eigenvalue weighted by Crippen LogP contribution is 2.44. The van der Waals surface area contributed by atoms with Crippen molar-refractivity contribution < 1.29 is 34.1 Å². The van der Waals surface area contributed by atoms with Crippen molar-refractivity contribution >= 4 is 18.0 Å². The smallest absolute Gasteiger partial charge is 0.407 e. The molecule has 2 aromatic carbocycles. The van der Waals surface area contributed by atoms with E-state index in [0.29, 0.717) is 0 Å². The second kappa shape index (κ2) is 10.7. The first-order valence-electron chi connectivity index (χ1n) is 10.2. The topological polar surface area (TPSA) is 134 Å². The summed E-state index contributed by atoms with van der Waals surface area (Å²) < 4.78 is 10.4. The van der Waals surface area contributed by atoms with E-state index >= 15 is 0 Å². The number of rotatable bonds is 10. The van der Waals surface area contributed by atoms with Crippen molar-refractivity contribution in [3.8, 4) is 11.1 Å². The standard InChI is InChI=1S/C23H26N2O7/c1-31-13-20(21(27)24-19(10-11-26)22(28)29)25-23(30)32-12-18-16-8-4-2-6-14(16)15-7-3-5-9-17(15)18/h2-9,18-20,26H,10-13H2,1H3,(H,24,27)(H,25,30)(H,28,29)/t19-,20+/m1/s1. The van der Waals surface area contributed by atoms with Crippen LogP contribution in [0.15, 0.2) is 48.5 Å². The van der Waals surface area contributed by atoms with Gasteiger partial charge in [-0.05, 0) is 22.3 Å². The van der Waals surface area contributed by atoms with Gasteiger partial charge in [0, 0.05) is 26.1 Å². The molecule has 4 N–H and O–H groups in total. The number of nitrogens with one attached hydrogen (secondary N) is 2. The molecule has 0 saturated heterocycles. The largest absolute Gasteiger partial charge is 0.480 e. The van der Waals surface area contributed by atoms with Crippen LogP contribution >= 0.6 is 0 Å². The molecule has 1 aliphatic rings. The number of carbonyl (C=O) groups is 3. The van der Waals surface area contributed by atoms with Crippen molar-refractivity contribution in [1.29, 1.82) is 0 Å². The number of alkyl carbamates (subject to hydrolysis) is 1. The van der Waals surface area contributed by atoms with Gasteiger partial charge in [-0.15, -0.1) is 0 Å². The quantitative estimate of drug-likeness (QED) is 0.438. The molecule has 0 aliphatic heterocycles. The molecule has 0 heterocycles. The fourth-order valence-corrected chi connectivity index (χ4v) is 3.79. The van der Waals surface area contributed by atoms with Gasteiger partial charge in [0.1, 0.15) is 18.7 Å². The van der Waals surface area contributed by atoms with Crippen molar-refractivity contribution in [2.45, 2.75) is 24.4 Å². The van der Waals surface area contributed by atoms with E-state index in [-0.39, 0.29) is 25.6 Å². The first-order chi connectivity index (χ1) is 15.5. The number of methoxy groups -OCH3 is 1. The molecular weight excluding hydrogens is 416 g/mol. The van der Waals surface area contributed by atoms with Gasteiger partial charge in [-0.25, -0.2) is 9.59 Å². The Morgan fingerprint density at radius 2 is 1.56 bits per heavy atom. The van der Waals surface area contributed by atoms with Gasteiger partial charge in [-0.2, -0.15) is 0 Å². The number of aliphatic carboxylic acids is 1. The van der Waals surface area contributed by atoms with Crippen LogP contribution in [0.3, 0.4) is 0 Å². The molecule has 2 atom stereocenters. The molecule has 2 aromatic rings. The monoisotopic (exact) mass is 442 g/mol. The Morgan fingerprint density at radius 3 is 2.09 bits per heavy atom. The van der Waals surface area contributed by atoms with Gasteiger partial charge in [-0.3, -0.25) is 4.79 Å². The van der Waals surface area contributed by atoms with E-state index in [4.69, 9.17) is 19.7 Å². The Balaban J connectivity index is 1.64. The van der Waals surface area contributed by atoms with Crippen molar-refractivity contribution in [2.75, 3.05) is 26.9 Å². The average Bonchev–Trinajstić information content (AvgIpc) is 3.10. The number of carboxylic acid groups (broad SMARTS) is 1. The number of aliphatic hydroxyl groups is 1. The predicted octanol–water partition coefficient (Wildman–Crippen LogP) is 1.49. The van der Waals surface area contributed by atoms with Crippen molar-refractivity contribution in [3.05, 3.63) is 59.7 Å². The van der Waals surface area contributed by atoms with Crippen molar-refractivity contribution in [3.63, 3.8) is 0 Å². The lowest BCUT2D eigenvalue weighted by atomic mass is 9.98. The highest BCUT2D eigenvalue weighted by atomic mass is 16.5. The summed E-state index contributed by atoms with van der Waals surface area (Å²) in [5.41, 5.74) is 4.30. The normalized spacial score (nSPS) is 14.1. The number of benzene rings is 2. The summed E-state index contributed by atoms with van der Waals surface area (Å²) in [7, 11) is 1.35. The number of hydrogen-bond donors (Lipinski definition) is 4. The third kappa shape index (κ3) is 5.24. The van der Waals surface area contributed by atoms with E-state index in [0.717, 1.165) is 22.3 Å². The Kier molecular flexibility index (Phi) is 7.80. The Labute approximate surface area is 185 Å². The number of hydrogen-bond acceptors (Lipinski definition) is 6. The van der Waals surface area contributed by atoms with Gasteiger partial charge in [0.05, 0.1) is 6.61 Å². The van der Waals surface area contributed by atoms with E-state index in [1.165, 1.54) is 7.11 Å². The average molecular weight is 442 g/mol. The van der Waals surface area contributed by atoms with Gasteiger partial charge in [0.2, 0.25) is 5.91 Å². The molecule has 0 spiro atoms. The molecular formula is C23H26N2O7. The summed E-state index contributed by atoms with van der Waals surface area (Å²) in [6.45, 7) is -0.517. The second-order valence-electron chi connectivity index (χ2n) is 7.39. The highest BCUT2D eigenvalue weighted by molar-refractivity contribution is 5.89. The third-order valence-electron chi connectivity index (χ3n) is 5.32. The number of carboxylic acids is 1. The minimum absolute atomic E-state index is 0.0729. The zero-order valence-corrected chi connectivity index (χ0v) is 17.6. The highest BCUT2D eigenvalue weighted by Gasteiger charge is 2.30. The van der Waals surface area contributed by atoms with Gasteiger partial charge in [-0.1, -0.05) is 48.5 Å². The first-order valence-corrected chi connectivity index (χ1v) is 10.2. The molecule has 2 amide bonds. The minimum Gasteiger partial charge on any atom is -0.480 e. The number of amides is 2. The maximum absolute atomic E-state index is 12.4. The fraction of sp³-hybridized carbons (Fsp3) is 0.348. The molecule has 170 valence electrons. The molecule has 9 heteroatoms. The summed E-state index contributed by atoms with van der Waals surface area (Å²) >= 11 is 0. The number of ether oxygens (including phenoxy) is 2. The molecule has 0 saturated carbocycles. The zero-order chi connectivity index (χ0) is 23.1. The zero-order valence-electron chi connectivity index (χ0n) is 17.6. The van der Waals surface area contributed by atoms with Crippen LogP contribution in [0.25, 0.3) is 11.1 Å². The SMILES string of the molecule is COC[C@H](NC(=O)OCC1c2ccccc2-c2ccccc21)C(=O)N[C@H](CCO)C(=O)O. The van der Waals surface area contributed by atoms with Crippen LogP contribution in [-0.2, 0) is 19.1 Å². The Morgan fingerprint density at radius 1 is 0.969 bits per heavy atom. The summed E-state index contributed by atoms with van der Waals surface area (Å²) in [5.74, 6) is -2.17. The lowest BCUT2D eigenvalue weighted by molar-refractivity contribution is -0.142. The third-order valence-corrected chi connectivity index (χ3v) is 5.32. The van der Waals surface area contributed by atoms with E-state index < -0.39 is 36.7 Å². The van der Waals surface area contributed by atoms with Crippen molar-refractivity contribution in [1.82, 2.24) is 10.6 Å². The lowest BCUT2D eigenvalue weighted by Gasteiger charge is -2.21. The van der Waals surface area contributed by atoms with Crippen LogP contribution in [0.2, 0.25) is 0 Å². The fourth-order valence-electron chi connectivity index (χ4n) is 3.79. The molecule has 1 aliphatic carbocycles. The van der Waals surface area contributed by atoms with Crippen molar-refractivity contribution in [2.24, 2.45) is 0 Å². The molecule has 0 fully saturated rings. The van der Waals surface area contributed by atoms with E-state index in [2.05, 4.69) is 10.6 Å². The van der Waals surface area contributed by atoms with E-state index in [1.54, 1.807) is 0 Å². The van der Waals surface area contributed by atoms with Gasteiger partial charge in [0.25, 0.3) is 0 Å². The molecule has 32 heavy (non-hydrogen) atoms. The summed E-state index contributed by atoms with van der Waals surface area (Å²) in [4.78, 5) is 36.1. The van der Waals surface area contributed by atoms with E-state index in [9.17, 15) is 14.4 Å². The van der Waals surface area contributed by atoms with Gasteiger partial charge in [0.15, 0.2) is 0 Å². The molecule has 0 bridgehead atoms. The van der Waals surface area contributed by atoms with Crippen LogP contribution in [0.5, 0.6) is 0 Å². The molecule has 0 unspecified atom stereocenters. The number of carbonyl (C=O) groups excluding carboxylic acids is 2. The summed E-state index contributed by atoms with van der Waals surface area (Å²) in [5, 5.41) is 22.8. The summed E-state index contributed by atoms with van der Waals surface area (Å²) in [6.07, 6.45) is -0.982. The number of aliphatic hydroxyl groups excluding tert-OH is 1.